The molecule has 1 saturated heterocycles. The van der Waals surface area contributed by atoms with Gasteiger partial charge in [0.05, 0.1) is 29.6 Å². The summed E-state index contributed by atoms with van der Waals surface area (Å²) in [4.78, 5) is 26.7. The van der Waals surface area contributed by atoms with E-state index in [4.69, 9.17) is 16.3 Å². The summed E-state index contributed by atoms with van der Waals surface area (Å²) in [6, 6.07) is 4.43. The molecule has 3 fully saturated rings. The Morgan fingerprint density at radius 2 is 1.94 bits per heavy atom. The molecule has 32 heavy (non-hydrogen) atoms. The van der Waals surface area contributed by atoms with Crippen LogP contribution in [-0.2, 0) is 0 Å². The van der Waals surface area contributed by atoms with Crippen molar-refractivity contribution in [3.63, 3.8) is 0 Å². The highest BCUT2D eigenvalue weighted by molar-refractivity contribution is 6.30. The van der Waals surface area contributed by atoms with Crippen LogP contribution in [-0.4, -0.2) is 41.3 Å². The Morgan fingerprint density at radius 3 is 2.62 bits per heavy atom. The van der Waals surface area contributed by atoms with E-state index in [9.17, 15) is 9.18 Å². The number of hydrogen-bond acceptors (Lipinski definition) is 5. The number of halogens is 2. The van der Waals surface area contributed by atoms with Crippen molar-refractivity contribution in [3.8, 4) is 5.75 Å². The molecule has 8 heteroatoms. The van der Waals surface area contributed by atoms with Gasteiger partial charge in [-0.25, -0.2) is 19.4 Å². The molecule has 1 aromatic carbocycles. The molecule has 2 aromatic rings. The van der Waals surface area contributed by atoms with E-state index in [-0.39, 0.29) is 5.56 Å². The number of hydrogen-bond donors (Lipinski definition) is 0. The van der Waals surface area contributed by atoms with Crippen LogP contribution in [0.1, 0.15) is 48.9 Å². The monoisotopic (exact) mass is 456 g/mol. The standard InChI is InChI=1S/C24H26ClFN4O2/c25-18-12-27-24(28-13-18)30-7-5-15(6-8-30)9-16-10-17(16)14-32-20-3-4-21(22(26)11-20)23(31)29-19-1-2-19/h3-4,11-13,15-17H,1-2,5-10,14H2. The fraction of sp³-hybridized carbons (Fsp3) is 0.500. The van der Waals surface area contributed by atoms with E-state index < -0.39 is 11.7 Å². The minimum absolute atomic E-state index is 0.0105. The molecule has 0 N–H and O–H groups in total. The van der Waals surface area contributed by atoms with Crippen molar-refractivity contribution in [1.29, 1.82) is 0 Å². The SMILES string of the molecule is O=C(N=C1CC1)c1ccc(OCC2CC2CC2CCN(c3ncc(Cl)cn3)CC2)cc1F. The summed E-state index contributed by atoms with van der Waals surface area (Å²) in [5, 5.41) is 0.556. The molecule has 2 atom stereocenters. The quantitative estimate of drug-likeness (QED) is 0.588. The minimum Gasteiger partial charge on any atom is -0.493 e. The molecule has 168 valence electrons. The van der Waals surface area contributed by atoms with Crippen molar-refractivity contribution < 1.29 is 13.9 Å². The van der Waals surface area contributed by atoms with E-state index in [2.05, 4.69) is 19.9 Å². The van der Waals surface area contributed by atoms with Gasteiger partial charge in [0.25, 0.3) is 5.91 Å². The van der Waals surface area contributed by atoms with Gasteiger partial charge in [-0.2, -0.15) is 0 Å². The summed E-state index contributed by atoms with van der Waals surface area (Å²) in [5.74, 6) is 2.07. The molecule has 3 aliphatic rings. The predicted molar refractivity (Wildman–Crippen MR) is 121 cm³/mol. The van der Waals surface area contributed by atoms with E-state index in [1.165, 1.54) is 18.6 Å². The van der Waals surface area contributed by atoms with Gasteiger partial charge in [0, 0.05) is 24.9 Å². The van der Waals surface area contributed by atoms with Gasteiger partial charge in [0.15, 0.2) is 0 Å². The number of aromatic nitrogens is 2. The Bertz CT molecular complexity index is 1020. The number of piperidine rings is 1. The lowest BCUT2D eigenvalue weighted by molar-refractivity contribution is 0.0999. The van der Waals surface area contributed by atoms with E-state index in [1.807, 2.05) is 0 Å². The number of amides is 1. The average molecular weight is 457 g/mol. The number of ether oxygens (including phenoxy) is 1. The molecule has 0 spiro atoms. The summed E-state index contributed by atoms with van der Waals surface area (Å²) >= 11 is 5.87. The normalized spacial score (nSPS) is 22.6. The number of carbonyl (C=O) groups is 1. The van der Waals surface area contributed by atoms with Crippen LogP contribution in [0.4, 0.5) is 10.3 Å². The summed E-state index contributed by atoms with van der Waals surface area (Å²) in [5.41, 5.74) is 0.856. The Kier molecular flexibility index (Phi) is 6.09. The molecule has 1 aromatic heterocycles. The maximum Gasteiger partial charge on any atom is 0.279 e. The van der Waals surface area contributed by atoms with Crippen molar-refractivity contribution in [1.82, 2.24) is 9.97 Å². The first-order chi connectivity index (χ1) is 15.5. The fourth-order valence-electron chi connectivity index (χ4n) is 4.40. The van der Waals surface area contributed by atoms with E-state index in [0.29, 0.717) is 35.1 Å². The van der Waals surface area contributed by atoms with Gasteiger partial charge in [0.2, 0.25) is 5.95 Å². The highest BCUT2D eigenvalue weighted by Gasteiger charge is 2.39. The summed E-state index contributed by atoms with van der Waals surface area (Å²) in [6.07, 6.45) is 9.62. The third-order valence-corrected chi connectivity index (χ3v) is 6.77. The van der Waals surface area contributed by atoms with Gasteiger partial charge in [-0.3, -0.25) is 4.79 Å². The molecule has 6 nitrogen and oxygen atoms in total. The lowest BCUT2D eigenvalue weighted by Crippen LogP contribution is -2.35. The molecule has 2 unspecified atom stereocenters. The number of nitrogens with zero attached hydrogens (tertiary/aromatic N) is 4. The average Bonchev–Trinajstić information content (AvgIpc) is 3.72. The van der Waals surface area contributed by atoms with E-state index in [0.717, 1.165) is 56.9 Å². The topological polar surface area (TPSA) is 67.7 Å². The van der Waals surface area contributed by atoms with Crippen LogP contribution in [0.25, 0.3) is 0 Å². The van der Waals surface area contributed by atoms with Gasteiger partial charge < -0.3 is 9.64 Å². The van der Waals surface area contributed by atoms with Crippen LogP contribution in [0.5, 0.6) is 5.75 Å². The molecule has 2 saturated carbocycles. The van der Waals surface area contributed by atoms with Crippen LogP contribution in [0.2, 0.25) is 5.02 Å². The molecule has 5 rings (SSSR count). The van der Waals surface area contributed by atoms with Crippen molar-refractivity contribution in [2.45, 2.75) is 38.5 Å². The van der Waals surface area contributed by atoms with Crippen LogP contribution in [0.3, 0.4) is 0 Å². The predicted octanol–water partition coefficient (Wildman–Crippen LogP) is 4.97. The van der Waals surface area contributed by atoms with Gasteiger partial charge in [-0.1, -0.05) is 11.6 Å². The van der Waals surface area contributed by atoms with Crippen LogP contribution < -0.4 is 9.64 Å². The van der Waals surface area contributed by atoms with Crippen LogP contribution in [0, 0.1) is 23.6 Å². The highest BCUT2D eigenvalue weighted by Crippen LogP contribution is 2.45. The first-order valence-electron chi connectivity index (χ1n) is 11.3. The number of carbonyl (C=O) groups excluding carboxylic acids is 1. The lowest BCUT2D eigenvalue weighted by Gasteiger charge is -2.32. The number of aliphatic imine (C=N–C) groups is 1. The Morgan fingerprint density at radius 1 is 1.19 bits per heavy atom. The Hall–Kier alpha value is -2.54. The molecule has 2 aliphatic carbocycles. The van der Waals surface area contributed by atoms with Gasteiger partial charge >= 0.3 is 0 Å². The third-order valence-electron chi connectivity index (χ3n) is 6.58. The van der Waals surface area contributed by atoms with Gasteiger partial charge in [-0.15, -0.1) is 0 Å². The molecule has 1 amide bonds. The van der Waals surface area contributed by atoms with E-state index in [1.54, 1.807) is 18.5 Å². The minimum atomic E-state index is -0.568. The summed E-state index contributed by atoms with van der Waals surface area (Å²) < 4.78 is 20.1. The molecular formula is C24H26ClFN4O2. The zero-order valence-electron chi connectivity index (χ0n) is 17.8. The first kappa shape index (κ1) is 21.3. The molecule has 0 radical (unpaired) electrons. The molecule has 0 bridgehead atoms. The number of anilines is 1. The number of rotatable bonds is 7. The third kappa shape index (κ3) is 5.26. The highest BCUT2D eigenvalue weighted by atomic mass is 35.5. The van der Waals surface area contributed by atoms with Crippen molar-refractivity contribution in [3.05, 3.63) is 47.0 Å². The first-order valence-corrected chi connectivity index (χ1v) is 11.7. The summed E-state index contributed by atoms with van der Waals surface area (Å²) in [6.45, 7) is 2.53. The second-order valence-electron chi connectivity index (χ2n) is 9.06. The van der Waals surface area contributed by atoms with Crippen molar-refractivity contribution >= 4 is 29.2 Å². The molecule has 1 aliphatic heterocycles. The second kappa shape index (κ2) is 9.14. The zero-order valence-corrected chi connectivity index (χ0v) is 18.6. The smallest absolute Gasteiger partial charge is 0.279 e. The zero-order chi connectivity index (χ0) is 22.1. The summed E-state index contributed by atoms with van der Waals surface area (Å²) in [7, 11) is 0. The van der Waals surface area contributed by atoms with E-state index >= 15 is 0 Å². The van der Waals surface area contributed by atoms with Gasteiger partial charge in [0.1, 0.15) is 11.6 Å². The Labute approximate surface area is 191 Å². The lowest BCUT2D eigenvalue weighted by atomic mass is 9.91. The Balaban J connectivity index is 1.04. The molecule has 2 heterocycles. The van der Waals surface area contributed by atoms with Crippen LogP contribution in [0.15, 0.2) is 35.6 Å². The van der Waals surface area contributed by atoms with Crippen molar-refractivity contribution in [2.75, 3.05) is 24.6 Å². The van der Waals surface area contributed by atoms with Crippen molar-refractivity contribution in [2.24, 2.45) is 22.7 Å². The van der Waals surface area contributed by atoms with Crippen LogP contribution >= 0.6 is 11.6 Å². The molecular weight excluding hydrogens is 431 g/mol. The number of benzene rings is 1. The largest absolute Gasteiger partial charge is 0.493 e. The maximum atomic E-state index is 14.3. The van der Waals surface area contributed by atoms with Gasteiger partial charge in [-0.05, 0) is 68.4 Å². The maximum absolute atomic E-state index is 14.3. The fourth-order valence-corrected chi connectivity index (χ4v) is 4.50. The second-order valence-corrected chi connectivity index (χ2v) is 9.50.